The van der Waals surface area contributed by atoms with Gasteiger partial charge in [-0.3, -0.25) is 0 Å². The minimum absolute atomic E-state index is 0.212. The van der Waals surface area contributed by atoms with Gasteiger partial charge < -0.3 is 0 Å². The van der Waals surface area contributed by atoms with Crippen LogP contribution in [0.5, 0.6) is 0 Å². The summed E-state index contributed by atoms with van der Waals surface area (Å²) in [5, 5.41) is 17.8. The molecule has 2 saturated heterocycles. The molecule has 3 aliphatic heterocycles. The standard InChI is InChI=1S/C17H29BN5O5P/c18-29(25)26-7-11-14(28-29)13(24)17(27-11)23-9-21-12-15(19-8-20-16(12)23)22-10-5-3-1-2-4-6-10/h8,10-11,13-14,17,21,24-25,29H,1-7,9,18H2,(H,19,20,22)/t11?,13?,14-,17?/m1/s1. The molecular formula is C17H29BN5O5P. The van der Waals surface area contributed by atoms with E-state index >= 15 is 0 Å². The summed E-state index contributed by atoms with van der Waals surface area (Å²) in [5.41, 5.74) is 0.834. The van der Waals surface area contributed by atoms with Crippen LogP contribution >= 0.6 is 7.82 Å². The topological polar surface area (TPSA) is 121 Å². The molecule has 4 heterocycles. The Morgan fingerprint density at radius 1 is 1.24 bits per heavy atom. The van der Waals surface area contributed by atoms with E-state index in [0.29, 0.717) is 18.5 Å². The van der Waals surface area contributed by atoms with Gasteiger partial charge in [0.25, 0.3) is 0 Å². The van der Waals surface area contributed by atoms with E-state index in [4.69, 9.17) is 13.8 Å². The van der Waals surface area contributed by atoms with Crippen LogP contribution in [0, 0.1) is 0 Å². The van der Waals surface area contributed by atoms with E-state index in [1.54, 1.807) is 13.9 Å². The van der Waals surface area contributed by atoms with Crippen molar-refractivity contribution in [1.82, 2.24) is 9.97 Å². The summed E-state index contributed by atoms with van der Waals surface area (Å²) in [7, 11) is -1.66. The number of hydrogen-bond donors (Lipinski definition) is 4. The van der Waals surface area contributed by atoms with Crippen LogP contribution in [0.3, 0.4) is 0 Å². The minimum atomic E-state index is -3.21. The second-order valence-corrected chi connectivity index (χ2v) is 10.7. The SMILES string of the molecule is B[PH]1(O)OCC2OC(N3CNc4c(NC5CCCCCC5)ncnc43)C(O)[C@@H]2O1. The third-order valence-electron chi connectivity index (χ3n) is 6.21. The van der Waals surface area contributed by atoms with E-state index in [9.17, 15) is 10.00 Å². The van der Waals surface area contributed by atoms with Crippen LogP contribution < -0.4 is 15.5 Å². The van der Waals surface area contributed by atoms with Gasteiger partial charge in [-0.1, -0.05) is 12.8 Å². The summed E-state index contributed by atoms with van der Waals surface area (Å²) in [6.45, 7) is 0.660. The maximum absolute atomic E-state index is 10.8. The Hall–Kier alpha value is -1.23. The Balaban J connectivity index is 1.34. The number of aliphatic hydroxyl groups excluding tert-OH is 1. The monoisotopic (exact) mass is 425 g/mol. The first kappa shape index (κ1) is 19.7. The van der Waals surface area contributed by atoms with Gasteiger partial charge in [0.15, 0.2) is 0 Å². The van der Waals surface area contributed by atoms with Crippen LogP contribution in [0.4, 0.5) is 17.3 Å². The molecule has 0 radical (unpaired) electrons. The zero-order valence-corrected chi connectivity index (χ0v) is 17.6. The molecule has 0 bridgehead atoms. The molecule has 160 valence electrons. The Morgan fingerprint density at radius 3 is 2.83 bits per heavy atom. The summed E-state index contributed by atoms with van der Waals surface area (Å²) in [6.07, 6.45) is 6.35. The number of nitrogens with zero attached hydrogens (tertiary/aromatic N) is 3. The maximum atomic E-state index is 10.8. The van der Waals surface area contributed by atoms with E-state index < -0.39 is 32.4 Å². The van der Waals surface area contributed by atoms with Crippen LogP contribution in [0.15, 0.2) is 6.33 Å². The fourth-order valence-electron chi connectivity index (χ4n) is 4.71. The second kappa shape index (κ2) is 7.79. The average Bonchev–Trinajstić information content (AvgIpc) is 3.14. The molecule has 1 aromatic heterocycles. The van der Waals surface area contributed by atoms with E-state index in [1.165, 1.54) is 25.7 Å². The van der Waals surface area contributed by atoms with Crippen LogP contribution in [-0.4, -0.2) is 71.4 Å². The third-order valence-corrected chi connectivity index (χ3v) is 7.62. The van der Waals surface area contributed by atoms with Gasteiger partial charge in [0.05, 0.1) is 0 Å². The Kier molecular flexibility index (Phi) is 5.30. The molecule has 1 saturated carbocycles. The molecule has 0 spiro atoms. The van der Waals surface area contributed by atoms with Crippen LogP contribution in [0.25, 0.3) is 0 Å². The molecule has 4 aliphatic rings. The number of ether oxygens (including phenoxy) is 1. The van der Waals surface area contributed by atoms with Gasteiger partial charge in [-0.05, 0) is 0 Å². The molecule has 10 nitrogen and oxygen atoms in total. The van der Waals surface area contributed by atoms with Crippen molar-refractivity contribution in [2.75, 3.05) is 28.8 Å². The molecular weight excluding hydrogens is 396 g/mol. The molecule has 4 N–H and O–H groups in total. The predicted molar refractivity (Wildman–Crippen MR) is 113 cm³/mol. The molecule has 29 heavy (non-hydrogen) atoms. The van der Waals surface area contributed by atoms with Crippen molar-refractivity contribution in [1.29, 1.82) is 0 Å². The van der Waals surface area contributed by atoms with Gasteiger partial charge in [-0.15, -0.1) is 0 Å². The first-order valence-electron chi connectivity index (χ1n) is 10.5. The summed E-state index contributed by atoms with van der Waals surface area (Å²) in [4.78, 5) is 20.9. The van der Waals surface area contributed by atoms with Gasteiger partial charge in [-0.2, -0.15) is 0 Å². The first-order chi connectivity index (χ1) is 14.0. The van der Waals surface area contributed by atoms with E-state index in [1.807, 2.05) is 4.90 Å². The molecule has 3 unspecified atom stereocenters. The molecule has 1 aromatic rings. The normalized spacial score (nSPS) is 35.3. The van der Waals surface area contributed by atoms with Crippen molar-refractivity contribution in [3.63, 3.8) is 0 Å². The number of aliphatic hydroxyl groups is 1. The molecule has 12 heteroatoms. The predicted octanol–water partition coefficient (Wildman–Crippen LogP) is 0.337. The van der Waals surface area contributed by atoms with Crippen molar-refractivity contribution < 1.29 is 23.8 Å². The second-order valence-electron chi connectivity index (χ2n) is 8.41. The fraction of sp³-hybridized carbons (Fsp3) is 0.765. The molecule has 0 amide bonds. The number of fused-ring (bicyclic) bond motifs is 2. The van der Waals surface area contributed by atoms with Crippen molar-refractivity contribution in [3.8, 4) is 0 Å². The Morgan fingerprint density at radius 2 is 2.03 bits per heavy atom. The summed E-state index contributed by atoms with van der Waals surface area (Å²) in [6, 6.07) is 0.418. The molecule has 4 atom stereocenters. The van der Waals surface area contributed by atoms with Gasteiger partial charge in [0, 0.05) is 0 Å². The van der Waals surface area contributed by atoms with Crippen molar-refractivity contribution in [2.24, 2.45) is 0 Å². The van der Waals surface area contributed by atoms with E-state index in [2.05, 4.69) is 20.6 Å². The summed E-state index contributed by atoms with van der Waals surface area (Å²) in [5.74, 6) is 1.49. The van der Waals surface area contributed by atoms with Gasteiger partial charge >= 0.3 is 158 Å². The Bertz CT molecular complexity index is 753. The van der Waals surface area contributed by atoms with E-state index in [-0.39, 0.29) is 6.61 Å². The molecule has 3 fully saturated rings. The third kappa shape index (κ3) is 3.80. The number of hydrogen-bond acceptors (Lipinski definition) is 10. The quantitative estimate of drug-likeness (QED) is 0.306. The zero-order valence-electron chi connectivity index (χ0n) is 16.6. The fourth-order valence-corrected chi connectivity index (χ4v) is 6.05. The first-order valence-corrected chi connectivity index (χ1v) is 12.8. The van der Waals surface area contributed by atoms with Crippen molar-refractivity contribution in [2.45, 2.75) is 69.1 Å². The molecule has 0 aromatic carbocycles. The average molecular weight is 425 g/mol. The van der Waals surface area contributed by atoms with Crippen molar-refractivity contribution in [3.05, 3.63) is 6.33 Å². The van der Waals surface area contributed by atoms with Crippen LogP contribution in [0.1, 0.15) is 38.5 Å². The van der Waals surface area contributed by atoms with Gasteiger partial charge in [0.2, 0.25) is 0 Å². The van der Waals surface area contributed by atoms with Crippen molar-refractivity contribution >= 4 is 32.7 Å². The molecule has 5 rings (SSSR count). The van der Waals surface area contributed by atoms with Gasteiger partial charge in [-0.25, -0.2) is 0 Å². The number of nitrogens with one attached hydrogen (secondary N) is 2. The molecule has 1 aliphatic carbocycles. The summed E-state index contributed by atoms with van der Waals surface area (Å²) < 4.78 is 17.1. The number of rotatable bonds is 3. The van der Waals surface area contributed by atoms with Crippen LogP contribution in [-0.2, 0) is 13.8 Å². The van der Waals surface area contributed by atoms with Gasteiger partial charge in [0.1, 0.15) is 0 Å². The number of anilines is 3. The zero-order chi connectivity index (χ0) is 20.0. The van der Waals surface area contributed by atoms with Crippen LogP contribution in [0.2, 0.25) is 0 Å². The summed E-state index contributed by atoms with van der Waals surface area (Å²) >= 11 is 0. The van der Waals surface area contributed by atoms with E-state index in [0.717, 1.165) is 24.3 Å². The number of aromatic nitrogens is 2. The Labute approximate surface area is 171 Å².